The summed E-state index contributed by atoms with van der Waals surface area (Å²) in [7, 11) is -3.71. The van der Waals surface area contributed by atoms with E-state index in [4.69, 9.17) is 0 Å². The number of nitrogens with one attached hydrogen (secondary N) is 1. The van der Waals surface area contributed by atoms with Gasteiger partial charge in [0.1, 0.15) is 6.54 Å². The second kappa shape index (κ2) is 7.41. The van der Waals surface area contributed by atoms with E-state index in [1.54, 1.807) is 24.3 Å². The monoisotopic (exact) mass is 417 g/mol. The fraction of sp³-hybridized carbons (Fsp3) is 0.333. The number of fused-ring (bicyclic) bond motifs is 1. The van der Waals surface area contributed by atoms with Crippen molar-refractivity contribution < 1.29 is 22.8 Å². The largest absolute Gasteiger partial charge is 0.340 e. The molecule has 4 rings (SSSR count). The first kappa shape index (κ1) is 19.3. The van der Waals surface area contributed by atoms with E-state index in [-0.39, 0.29) is 48.2 Å². The zero-order valence-electron chi connectivity index (χ0n) is 15.4. The number of H-pyrrole nitrogens is 1. The normalized spacial score (nSPS) is 18.1. The van der Waals surface area contributed by atoms with Gasteiger partial charge in [0.2, 0.25) is 5.91 Å². The van der Waals surface area contributed by atoms with Gasteiger partial charge < -0.3 is 9.88 Å². The average molecular weight is 417 g/mol. The number of imidazole rings is 1. The zero-order chi connectivity index (χ0) is 20.6. The van der Waals surface area contributed by atoms with E-state index in [0.717, 1.165) is 4.90 Å². The van der Waals surface area contributed by atoms with Gasteiger partial charge in [0.05, 0.1) is 23.7 Å². The van der Waals surface area contributed by atoms with Gasteiger partial charge in [-0.25, -0.2) is 13.4 Å². The van der Waals surface area contributed by atoms with E-state index in [2.05, 4.69) is 9.97 Å². The molecule has 0 unspecified atom stereocenters. The third kappa shape index (κ3) is 3.42. The summed E-state index contributed by atoms with van der Waals surface area (Å²) in [6, 6.07) is 6.45. The van der Waals surface area contributed by atoms with Crippen LogP contribution in [0.4, 0.5) is 0 Å². The Kier molecular flexibility index (Phi) is 4.92. The summed E-state index contributed by atoms with van der Waals surface area (Å²) in [5, 5.41) is 0.00306. The molecule has 0 atom stereocenters. The number of hydrogen-bond acceptors (Lipinski definition) is 6. The van der Waals surface area contributed by atoms with E-state index < -0.39 is 21.8 Å². The van der Waals surface area contributed by atoms with Crippen molar-refractivity contribution in [2.24, 2.45) is 0 Å². The average Bonchev–Trinajstić information content (AvgIpc) is 3.24. The highest BCUT2D eigenvalue weighted by Crippen LogP contribution is 2.22. The second-order valence-electron chi connectivity index (χ2n) is 6.80. The van der Waals surface area contributed by atoms with Gasteiger partial charge in [0.25, 0.3) is 21.8 Å². The minimum atomic E-state index is -3.71. The van der Waals surface area contributed by atoms with Crippen LogP contribution < -0.4 is 0 Å². The molecule has 3 amide bonds. The number of hydrogen-bond donors (Lipinski definition) is 1. The number of rotatable bonds is 4. The fourth-order valence-electron chi connectivity index (χ4n) is 3.52. The molecule has 0 radical (unpaired) electrons. The van der Waals surface area contributed by atoms with E-state index in [1.165, 1.54) is 21.7 Å². The molecule has 0 aliphatic carbocycles. The van der Waals surface area contributed by atoms with Gasteiger partial charge in [-0.3, -0.25) is 19.3 Å². The van der Waals surface area contributed by atoms with E-state index >= 15 is 0 Å². The van der Waals surface area contributed by atoms with Crippen LogP contribution in [0, 0.1) is 0 Å². The number of carbonyl (C=O) groups is 3. The molecule has 0 saturated carbocycles. The van der Waals surface area contributed by atoms with Gasteiger partial charge in [-0.05, 0) is 18.6 Å². The molecule has 2 aliphatic heterocycles. The summed E-state index contributed by atoms with van der Waals surface area (Å²) in [6.07, 6.45) is 2.98. The van der Waals surface area contributed by atoms with Crippen LogP contribution >= 0.6 is 0 Å². The Morgan fingerprint density at radius 2 is 1.72 bits per heavy atom. The number of aromatic amines is 1. The van der Waals surface area contributed by atoms with E-state index in [9.17, 15) is 22.8 Å². The third-order valence-corrected chi connectivity index (χ3v) is 6.89. The van der Waals surface area contributed by atoms with Crippen LogP contribution in [0.1, 0.15) is 27.1 Å². The smallest absolute Gasteiger partial charge is 0.262 e. The molecule has 11 heteroatoms. The Hall–Kier alpha value is -3.05. The van der Waals surface area contributed by atoms with Gasteiger partial charge in [-0.2, -0.15) is 4.31 Å². The molecule has 0 spiro atoms. The minimum absolute atomic E-state index is 0.00306. The second-order valence-corrected chi connectivity index (χ2v) is 8.70. The third-order valence-electron chi connectivity index (χ3n) is 5.07. The Bertz CT molecular complexity index is 1030. The predicted octanol–water partition coefficient (Wildman–Crippen LogP) is -0.0711. The van der Waals surface area contributed by atoms with Crippen molar-refractivity contribution in [2.75, 3.05) is 32.7 Å². The molecule has 152 valence electrons. The lowest BCUT2D eigenvalue weighted by molar-refractivity contribution is -0.131. The van der Waals surface area contributed by atoms with Crippen molar-refractivity contribution in [2.45, 2.75) is 11.4 Å². The first-order valence-electron chi connectivity index (χ1n) is 9.11. The molecule has 2 aliphatic rings. The molecule has 1 N–H and O–H groups in total. The molecule has 29 heavy (non-hydrogen) atoms. The summed E-state index contributed by atoms with van der Waals surface area (Å²) in [6.45, 7) is 0.541. The zero-order valence-corrected chi connectivity index (χ0v) is 16.3. The van der Waals surface area contributed by atoms with Gasteiger partial charge in [-0.1, -0.05) is 12.1 Å². The van der Waals surface area contributed by atoms with Gasteiger partial charge in [0.15, 0.2) is 5.03 Å². The van der Waals surface area contributed by atoms with E-state index in [1.807, 2.05) is 0 Å². The molecule has 2 aromatic rings. The number of imide groups is 1. The topological polar surface area (TPSA) is 124 Å². The van der Waals surface area contributed by atoms with Crippen molar-refractivity contribution in [3.05, 3.63) is 47.9 Å². The lowest BCUT2D eigenvalue weighted by atomic mass is 10.1. The molecule has 3 heterocycles. The van der Waals surface area contributed by atoms with Crippen LogP contribution in [0.2, 0.25) is 0 Å². The maximum absolute atomic E-state index is 12.7. The summed E-state index contributed by atoms with van der Waals surface area (Å²) >= 11 is 0. The fourth-order valence-corrected chi connectivity index (χ4v) is 4.89. The van der Waals surface area contributed by atoms with Gasteiger partial charge in [-0.15, -0.1) is 0 Å². The molecular weight excluding hydrogens is 398 g/mol. The number of carbonyl (C=O) groups excluding carboxylic acids is 3. The standard InChI is InChI=1S/C18H19N5O5S/c24-16(11-23-17(25)13-4-1-2-5-14(13)18(23)26)21-6-3-7-22(9-8-21)29(27,28)15-10-19-12-20-15/h1-2,4-5,10,12H,3,6-9,11H2,(H,19,20). The van der Waals surface area contributed by atoms with Crippen molar-refractivity contribution in [1.82, 2.24) is 24.1 Å². The highest BCUT2D eigenvalue weighted by Gasteiger charge is 2.37. The van der Waals surface area contributed by atoms with Crippen LogP contribution in [-0.2, 0) is 14.8 Å². The maximum Gasteiger partial charge on any atom is 0.262 e. The number of nitrogens with zero attached hydrogens (tertiary/aromatic N) is 4. The van der Waals surface area contributed by atoms with Crippen LogP contribution in [0.25, 0.3) is 0 Å². The van der Waals surface area contributed by atoms with Crippen molar-refractivity contribution in [3.63, 3.8) is 0 Å². The summed E-state index contributed by atoms with van der Waals surface area (Å²) in [5.41, 5.74) is 0.580. The molecule has 1 aromatic carbocycles. The Morgan fingerprint density at radius 1 is 1.03 bits per heavy atom. The predicted molar refractivity (Wildman–Crippen MR) is 100 cm³/mol. The molecule has 1 fully saturated rings. The van der Waals surface area contributed by atoms with Gasteiger partial charge >= 0.3 is 0 Å². The van der Waals surface area contributed by atoms with Crippen LogP contribution in [0.5, 0.6) is 0 Å². The Balaban J connectivity index is 1.42. The summed E-state index contributed by atoms with van der Waals surface area (Å²) < 4.78 is 26.5. The van der Waals surface area contributed by atoms with Crippen molar-refractivity contribution >= 4 is 27.7 Å². The summed E-state index contributed by atoms with van der Waals surface area (Å²) in [4.78, 5) is 46.4. The minimum Gasteiger partial charge on any atom is -0.340 e. The number of amides is 3. The maximum atomic E-state index is 12.7. The SMILES string of the molecule is O=C(CN1C(=O)c2ccccc2C1=O)N1CCCN(S(=O)(=O)c2cnc[nH]2)CC1. The van der Waals surface area contributed by atoms with Gasteiger partial charge in [0, 0.05) is 26.2 Å². The lowest BCUT2D eigenvalue weighted by Gasteiger charge is -2.23. The number of benzene rings is 1. The van der Waals surface area contributed by atoms with Crippen LogP contribution in [0.15, 0.2) is 41.8 Å². The highest BCUT2D eigenvalue weighted by molar-refractivity contribution is 7.89. The molecular formula is C18H19N5O5S. The first-order chi connectivity index (χ1) is 13.9. The van der Waals surface area contributed by atoms with Crippen molar-refractivity contribution in [3.8, 4) is 0 Å². The highest BCUT2D eigenvalue weighted by atomic mass is 32.2. The molecule has 1 aromatic heterocycles. The van der Waals surface area contributed by atoms with E-state index in [0.29, 0.717) is 13.0 Å². The molecule has 0 bridgehead atoms. The Morgan fingerprint density at radius 3 is 2.34 bits per heavy atom. The first-order valence-corrected chi connectivity index (χ1v) is 10.5. The quantitative estimate of drug-likeness (QED) is 0.695. The number of aromatic nitrogens is 2. The lowest BCUT2D eigenvalue weighted by Crippen LogP contribution is -2.44. The number of sulfonamides is 1. The Labute approximate surface area is 167 Å². The molecule has 1 saturated heterocycles. The van der Waals surface area contributed by atoms with Crippen LogP contribution in [0.3, 0.4) is 0 Å². The van der Waals surface area contributed by atoms with Crippen LogP contribution in [-0.4, -0.2) is 82.9 Å². The summed E-state index contributed by atoms with van der Waals surface area (Å²) in [5.74, 6) is -1.37. The molecule has 10 nitrogen and oxygen atoms in total. The van der Waals surface area contributed by atoms with Crippen molar-refractivity contribution in [1.29, 1.82) is 0 Å².